The zero-order valence-electron chi connectivity index (χ0n) is 16.0. The minimum absolute atomic E-state index is 0.221. The number of carbonyl (C=O) groups is 2. The highest BCUT2D eigenvalue weighted by Gasteiger charge is 2.24. The van der Waals surface area contributed by atoms with Crippen LogP contribution in [0.25, 0.3) is 0 Å². The minimum atomic E-state index is -0.906. The summed E-state index contributed by atoms with van der Waals surface area (Å²) in [5.74, 6) is -0.810. The summed E-state index contributed by atoms with van der Waals surface area (Å²) in [5.41, 5.74) is 2.70. The van der Waals surface area contributed by atoms with Crippen molar-refractivity contribution in [2.45, 2.75) is 58.0 Å². The molecule has 2 aromatic rings. The van der Waals surface area contributed by atoms with Gasteiger partial charge in [-0.1, -0.05) is 36.8 Å². The number of nitrogens with zero attached hydrogens (tertiary/aromatic N) is 1. The fraction of sp³-hybridized carbons (Fsp3) is 0.409. The number of benzene rings is 1. The topological polar surface area (TPSA) is 79.2 Å². The lowest BCUT2D eigenvalue weighted by atomic mass is 10.1. The molecule has 1 aliphatic carbocycles. The van der Waals surface area contributed by atoms with Gasteiger partial charge in [-0.15, -0.1) is 11.3 Å². The van der Waals surface area contributed by atoms with E-state index in [1.165, 1.54) is 22.6 Å². The van der Waals surface area contributed by atoms with E-state index in [0.717, 1.165) is 36.8 Å². The molecule has 28 heavy (non-hydrogen) atoms. The fourth-order valence-electron chi connectivity index (χ4n) is 3.36. The maximum Gasteiger partial charge on any atom is 0.306 e. The van der Waals surface area contributed by atoms with Gasteiger partial charge in [-0.3, -0.25) is 9.59 Å². The summed E-state index contributed by atoms with van der Waals surface area (Å²) < 4.78 is 5.27. The van der Waals surface area contributed by atoms with Gasteiger partial charge in [-0.05, 0) is 50.2 Å². The van der Waals surface area contributed by atoms with Gasteiger partial charge >= 0.3 is 5.97 Å². The Morgan fingerprint density at radius 3 is 2.71 bits per heavy atom. The molecule has 146 valence electrons. The highest BCUT2D eigenvalue weighted by atomic mass is 32.1. The first-order chi connectivity index (χ1) is 13.6. The number of rotatable bonds is 6. The van der Waals surface area contributed by atoms with E-state index >= 15 is 0 Å². The van der Waals surface area contributed by atoms with Crippen LogP contribution in [0, 0.1) is 11.3 Å². The summed E-state index contributed by atoms with van der Waals surface area (Å²) in [6, 6.07) is 11.9. The first-order valence-corrected chi connectivity index (χ1v) is 10.5. The number of nitrogens with one attached hydrogen (secondary N) is 1. The molecule has 1 atom stereocenters. The molecule has 3 rings (SSSR count). The molecule has 1 unspecified atom stereocenters. The van der Waals surface area contributed by atoms with Crippen molar-refractivity contribution >= 4 is 28.2 Å². The van der Waals surface area contributed by atoms with Crippen LogP contribution < -0.4 is 5.32 Å². The molecule has 0 radical (unpaired) electrons. The maximum absolute atomic E-state index is 12.5. The number of nitriles is 1. The monoisotopic (exact) mass is 396 g/mol. The van der Waals surface area contributed by atoms with Gasteiger partial charge in [-0.25, -0.2) is 0 Å². The standard InChI is InChI=1S/C22H24N2O3S/c1-15(27-20(25)13-12-16-8-4-2-5-9-16)21(26)24-22-18(14-23)17-10-6-3-7-11-19(17)28-22/h2,4-5,8-9,15H,3,6-7,10-13H2,1H3,(H,24,26). The Hall–Kier alpha value is -2.65. The summed E-state index contributed by atoms with van der Waals surface area (Å²) in [4.78, 5) is 25.7. The third-order valence-electron chi connectivity index (χ3n) is 4.91. The van der Waals surface area contributed by atoms with Gasteiger partial charge in [0.1, 0.15) is 11.1 Å². The molecule has 1 amide bonds. The van der Waals surface area contributed by atoms with Crippen LogP contribution in [0.3, 0.4) is 0 Å². The third kappa shape index (κ3) is 4.99. The van der Waals surface area contributed by atoms with Crippen molar-refractivity contribution in [1.29, 1.82) is 5.26 Å². The van der Waals surface area contributed by atoms with Gasteiger partial charge in [0, 0.05) is 11.3 Å². The van der Waals surface area contributed by atoms with Gasteiger partial charge < -0.3 is 10.1 Å². The highest BCUT2D eigenvalue weighted by molar-refractivity contribution is 7.16. The summed E-state index contributed by atoms with van der Waals surface area (Å²) in [7, 11) is 0. The first-order valence-electron chi connectivity index (χ1n) is 9.67. The lowest BCUT2D eigenvalue weighted by Crippen LogP contribution is -2.30. The van der Waals surface area contributed by atoms with E-state index in [1.54, 1.807) is 6.92 Å². The summed E-state index contributed by atoms with van der Waals surface area (Å²) in [6.07, 6.45) is 5.08. The Bertz CT molecular complexity index is 883. The molecule has 1 N–H and O–H groups in total. The van der Waals surface area contributed by atoms with E-state index in [1.807, 2.05) is 30.3 Å². The second-order valence-corrected chi connectivity index (χ2v) is 8.09. The molecule has 0 saturated heterocycles. The number of hydrogen-bond donors (Lipinski definition) is 1. The van der Waals surface area contributed by atoms with Gasteiger partial charge in [-0.2, -0.15) is 5.26 Å². The second-order valence-electron chi connectivity index (χ2n) is 6.99. The van der Waals surface area contributed by atoms with Gasteiger partial charge in [0.15, 0.2) is 6.10 Å². The zero-order chi connectivity index (χ0) is 19.9. The third-order valence-corrected chi connectivity index (χ3v) is 6.12. The number of esters is 1. The van der Waals surface area contributed by atoms with Gasteiger partial charge in [0.05, 0.1) is 5.56 Å². The predicted molar refractivity (Wildman–Crippen MR) is 109 cm³/mol. The van der Waals surface area contributed by atoms with Crippen LogP contribution in [0.5, 0.6) is 0 Å². The fourth-order valence-corrected chi connectivity index (χ4v) is 4.61. The van der Waals surface area contributed by atoms with E-state index in [0.29, 0.717) is 17.0 Å². The number of anilines is 1. The summed E-state index contributed by atoms with van der Waals surface area (Å²) >= 11 is 1.48. The van der Waals surface area contributed by atoms with Crippen LogP contribution in [0.2, 0.25) is 0 Å². The van der Waals surface area contributed by atoms with Crippen molar-refractivity contribution in [1.82, 2.24) is 0 Å². The molecule has 1 heterocycles. The Morgan fingerprint density at radius 1 is 1.21 bits per heavy atom. The number of aryl methyl sites for hydroxylation is 2. The van der Waals surface area contributed by atoms with E-state index in [4.69, 9.17) is 4.74 Å². The SMILES string of the molecule is CC(OC(=O)CCc1ccccc1)C(=O)Nc1sc2c(c1C#N)CCCCC2. The molecule has 6 heteroatoms. The summed E-state index contributed by atoms with van der Waals surface area (Å²) in [6.45, 7) is 1.56. The van der Waals surface area contributed by atoms with Gasteiger partial charge in [0.2, 0.25) is 0 Å². The number of ether oxygens (including phenoxy) is 1. The van der Waals surface area contributed by atoms with Crippen LogP contribution in [-0.2, 0) is 33.6 Å². The van der Waals surface area contributed by atoms with Crippen molar-refractivity contribution in [2.75, 3.05) is 5.32 Å². The molecular weight excluding hydrogens is 372 g/mol. The molecule has 0 saturated carbocycles. The molecule has 0 aliphatic heterocycles. The normalized spacial score (nSPS) is 14.3. The minimum Gasteiger partial charge on any atom is -0.453 e. The smallest absolute Gasteiger partial charge is 0.306 e. The van der Waals surface area contributed by atoms with Crippen molar-refractivity contribution in [3.05, 3.63) is 51.9 Å². The van der Waals surface area contributed by atoms with Crippen LogP contribution in [0.1, 0.15) is 54.2 Å². The lowest BCUT2D eigenvalue weighted by molar-refractivity contribution is -0.153. The van der Waals surface area contributed by atoms with E-state index in [9.17, 15) is 14.9 Å². The molecule has 1 aromatic heterocycles. The van der Waals surface area contributed by atoms with E-state index < -0.39 is 18.0 Å². The van der Waals surface area contributed by atoms with Crippen LogP contribution in [0.15, 0.2) is 30.3 Å². The average Bonchev–Trinajstić information content (AvgIpc) is 2.86. The first kappa shape index (κ1) is 20.1. The van der Waals surface area contributed by atoms with E-state index in [-0.39, 0.29) is 6.42 Å². The number of amides is 1. The Labute approximate surface area is 169 Å². The van der Waals surface area contributed by atoms with E-state index in [2.05, 4.69) is 11.4 Å². The molecule has 0 fully saturated rings. The lowest BCUT2D eigenvalue weighted by Gasteiger charge is -2.13. The molecule has 5 nitrogen and oxygen atoms in total. The molecule has 0 spiro atoms. The van der Waals surface area contributed by atoms with Crippen molar-refractivity contribution in [2.24, 2.45) is 0 Å². The summed E-state index contributed by atoms with van der Waals surface area (Å²) in [5, 5.41) is 12.9. The molecular formula is C22H24N2O3S. The van der Waals surface area contributed by atoms with Crippen LogP contribution in [-0.4, -0.2) is 18.0 Å². The van der Waals surface area contributed by atoms with Crippen LogP contribution >= 0.6 is 11.3 Å². The Morgan fingerprint density at radius 2 is 1.96 bits per heavy atom. The maximum atomic E-state index is 12.5. The zero-order valence-corrected chi connectivity index (χ0v) is 16.8. The second kappa shape index (κ2) is 9.52. The number of fused-ring (bicyclic) bond motifs is 1. The van der Waals surface area contributed by atoms with Crippen molar-refractivity contribution < 1.29 is 14.3 Å². The molecule has 0 bridgehead atoms. The molecule has 1 aliphatic rings. The van der Waals surface area contributed by atoms with Crippen LogP contribution in [0.4, 0.5) is 5.00 Å². The van der Waals surface area contributed by atoms with Crippen molar-refractivity contribution in [3.63, 3.8) is 0 Å². The van der Waals surface area contributed by atoms with Gasteiger partial charge in [0.25, 0.3) is 5.91 Å². The molecule has 1 aromatic carbocycles. The highest BCUT2D eigenvalue weighted by Crippen LogP contribution is 2.37. The number of carbonyl (C=O) groups excluding carboxylic acids is 2. The quantitative estimate of drug-likeness (QED) is 0.580. The Balaban J connectivity index is 1.57. The number of hydrogen-bond acceptors (Lipinski definition) is 5. The Kier molecular flexibility index (Phi) is 6.83. The average molecular weight is 397 g/mol. The van der Waals surface area contributed by atoms with Crippen molar-refractivity contribution in [3.8, 4) is 6.07 Å². The predicted octanol–water partition coefficient (Wildman–Crippen LogP) is 4.39. The largest absolute Gasteiger partial charge is 0.453 e. The number of thiophene rings is 1.